The smallest absolute Gasteiger partial charge is 0.0708 e. The van der Waals surface area contributed by atoms with E-state index >= 15 is 0 Å². The summed E-state index contributed by atoms with van der Waals surface area (Å²) in [6.45, 7) is 0. The van der Waals surface area contributed by atoms with Crippen LogP contribution in [0, 0.1) is 0 Å². The second-order valence-electron chi connectivity index (χ2n) is 1.19. The van der Waals surface area contributed by atoms with Gasteiger partial charge in [0.05, 0.1) is 6.21 Å². The van der Waals surface area contributed by atoms with Gasteiger partial charge in [-0.1, -0.05) is 0 Å². The van der Waals surface area contributed by atoms with Crippen LogP contribution in [0.25, 0.3) is 0 Å². The molecule has 0 bridgehead atoms. The fraction of sp³-hybridized carbons (Fsp3) is 0.750. The van der Waals surface area contributed by atoms with E-state index in [1.807, 2.05) is 0 Å². The van der Waals surface area contributed by atoms with E-state index < -0.39 is 0 Å². The number of hydrogen-bond donors (Lipinski definition) is 0. The summed E-state index contributed by atoms with van der Waals surface area (Å²) in [5.74, 6) is 1.19. The highest BCUT2D eigenvalue weighted by atomic mass is 32.2. The van der Waals surface area contributed by atoms with Gasteiger partial charge in [0.1, 0.15) is 0 Å². The summed E-state index contributed by atoms with van der Waals surface area (Å²) in [7, 11) is 0. The van der Waals surface area contributed by atoms with E-state index in [-0.39, 0.29) is 0 Å². The Morgan fingerprint density at radius 2 is 2.67 bits per heavy atom. The first-order valence-corrected chi connectivity index (χ1v) is 2.99. The van der Waals surface area contributed by atoms with Crippen LogP contribution in [0.5, 0.6) is 0 Å². The number of rotatable bonds is 0. The van der Waals surface area contributed by atoms with Gasteiger partial charge in [0.25, 0.3) is 0 Å². The number of nitrogens with zero attached hydrogens (tertiary/aromatic N) is 1. The zero-order chi connectivity index (χ0) is 4.24. The topological polar surface area (TPSA) is 12.4 Å². The molecule has 0 saturated carbocycles. The van der Waals surface area contributed by atoms with Crippen molar-refractivity contribution in [2.45, 2.75) is 12.8 Å². The summed E-state index contributed by atoms with van der Waals surface area (Å²) in [5, 5.41) is 0. The zero-order valence-corrected chi connectivity index (χ0v) is 4.29. The minimum absolute atomic E-state index is 1.06. The SMILES string of the molecule is [C]1=NSCCC1. The summed E-state index contributed by atoms with van der Waals surface area (Å²) in [5.41, 5.74) is 0. The lowest BCUT2D eigenvalue weighted by molar-refractivity contribution is 1.01. The first-order chi connectivity index (χ1) is 3.00. The molecule has 1 aliphatic heterocycles. The molecule has 1 nitrogen and oxygen atoms in total. The van der Waals surface area contributed by atoms with Crippen LogP contribution in [0.3, 0.4) is 0 Å². The second-order valence-corrected chi connectivity index (χ2v) is 2.04. The van der Waals surface area contributed by atoms with Gasteiger partial charge in [-0.25, -0.2) is 4.40 Å². The van der Waals surface area contributed by atoms with Crippen LogP contribution in [0.2, 0.25) is 0 Å². The molecular weight excluding hydrogens is 94.1 g/mol. The van der Waals surface area contributed by atoms with E-state index in [0.29, 0.717) is 0 Å². The van der Waals surface area contributed by atoms with E-state index in [1.54, 1.807) is 11.9 Å². The summed E-state index contributed by atoms with van der Waals surface area (Å²) >= 11 is 1.61. The minimum atomic E-state index is 1.06. The summed E-state index contributed by atoms with van der Waals surface area (Å²) in [6.07, 6.45) is 5.19. The molecule has 0 fully saturated rings. The van der Waals surface area contributed by atoms with Crippen molar-refractivity contribution in [1.29, 1.82) is 0 Å². The van der Waals surface area contributed by atoms with Crippen molar-refractivity contribution in [3.05, 3.63) is 0 Å². The Morgan fingerprint density at radius 3 is 2.83 bits per heavy atom. The van der Waals surface area contributed by atoms with Gasteiger partial charge >= 0.3 is 0 Å². The van der Waals surface area contributed by atoms with Crippen LogP contribution in [0.4, 0.5) is 0 Å². The molecule has 1 heterocycles. The molecule has 2 heteroatoms. The average Bonchev–Trinajstić information content (AvgIpc) is 1.72. The van der Waals surface area contributed by atoms with Crippen LogP contribution in [-0.4, -0.2) is 12.0 Å². The predicted molar refractivity (Wildman–Crippen MR) is 29.1 cm³/mol. The van der Waals surface area contributed by atoms with Crippen LogP contribution < -0.4 is 0 Å². The molecule has 6 heavy (non-hydrogen) atoms. The molecule has 0 amide bonds. The van der Waals surface area contributed by atoms with Gasteiger partial charge in [0, 0.05) is 5.75 Å². The van der Waals surface area contributed by atoms with Crippen molar-refractivity contribution in [1.82, 2.24) is 0 Å². The molecule has 0 aromatic carbocycles. The van der Waals surface area contributed by atoms with Gasteiger partial charge < -0.3 is 0 Å². The molecule has 0 aromatic heterocycles. The third kappa shape index (κ3) is 1.01. The number of hydrogen-bond acceptors (Lipinski definition) is 2. The third-order valence-corrected chi connectivity index (χ3v) is 1.38. The summed E-state index contributed by atoms with van der Waals surface area (Å²) in [4.78, 5) is 0. The molecule has 1 aliphatic rings. The van der Waals surface area contributed by atoms with Crippen molar-refractivity contribution >= 4 is 18.2 Å². The minimum Gasteiger partial charge on any atom is -0.219 e. The zero-order valence-electron chi connectivity index (χ0n) is 3.48. The first kappa shape index (κ1) is 4.19. The van der Waals surface area contributed by atoms with Crippen molar-refractivity contribution in [3.63, 3.8) is 0 Å². The van der Waals surface area contributed by atoms with Gasteiger partial charge in [-0.3, -0.25) is 0 Å². The van der Waals surface area contributed by atoms with Crippen molar-refractivity contribution < 1.29 is 0 Å². The molecule has 0 atom stereocenters. The highest BCUT2D eigenvalue weighted by Crippen LogP contribution is 2.09. The van der Waals surface area contributed by atoms with Crippen LogP contribution in [0.1, 0.15) is 12.8 Å². The van der Waals surface area contributed by atoms with E-state index in [2.05, 4.69) is 10.6 Å². The van der Waals surface area contributed by atoms with Gasteiger partial charge in [0.15, 0.2) is 0 Å². The molecule has 33 valence electrons. The van der Waals surface area contributed by atoms with E-state index in [4.69, 9.17) is 0 Å². The Hall–Kier alpha value is 0.0200. The normalized spacial score (nSPS) is 21.3. The van der Waals surface area contributed by atoms with Crippen LogP contribution in [0.15, 0.2) is 4.40 Å². The maximum atomic E-state index is 3.84. The molecule has 0 saturated heterocycles. The first-order valence-electron chi connectivity index (χ1n) is 2.05. The Bertz CT molecular complexity index is 52.6. The highest BCUT2D eigenvalue weighted by molar-refractivity contribution is 7.98. The standard InChI is InChI=1S/C4H6NS/c1-2-4-6-5-3-1/h1-2,4H2. The van der Waals surface area contributed by atoms with Crippen molar-refractivity contribution in [2.75, 3.05) is 5.75 Å². The predicted octanol–water partition coefficient (Wildman–Crippen LogP) is 1.38. The molecule has 0 unspecified atom stereocenters. The Labute approximate surface area is 42.0 Å². The lowest BCUT2D eigenvalue weighted by Crippen LogP contribution is -1.84. The van der Waals surface area contributed by atoms with Crippen molar-refractivity contribution in [2.24, 2.45) is 4.40 Å². The van der Waals surface area contributed by atoms with E-state index in [1.165, 1.54) is 12.2 Å². The highest BCUT2D eigenvalue weighted by Gasteiger charge is 1.90. The van der Waals surface area contributed by atoms with Crippen LogP contribution >= 0.6 is 11.9 Å². The third-order valence-electron chi connectivity index (χ3n) is 0.653. The fourth-order valence-electron chi connectivity index (χ4n) is 0.353. The van der Waals surface area contributed by atoms with E-state index in [9.17, 15) is 0 Å². The lowest BCUT2D eigenvalue weighted by Gasteiger charge is -1.95. The second kappa shape index (κ2) is 2.24. The van der Waals surface area contributed by atoms with Gasteiger partial charge in [-0.05, 0) is 24.8 Å². The maximum absolute atomic E-state index is 3.84. The largest absolute Gasteiger partial charge is 0.219 e. The fourth-order valence-corrected chi connectivity index (χ4v) is 0.900. The molecule has 0 aromatic rings. The lowest BCUT2D eigenvalue weighted by atomic mass is 10.4. The molecular formula is C4H6NS. The van der Waals surface area contributed by atoms with Gasteiger partial charge in [-0.2, -0.15) is 0 Å². The molecule has 1 radical (unpaired) electrons. The summed E-state index contributed by atoms with van der Waals surface area (Å²) < 4.78 is 3.84. The Kier molecular flexibility index (Phi) is 1.56. The molecule has 0 N–H and O–H groups in total. The maximum Gasteiger partial charge on any atom is 0.0708 e. The molecule has 0 spiro atoms. The van der Waals surface area contributed by atoms with E-state index in [0.717, 1.165) is 6.42 Å². The van der Waals surface area contributed by atoms with Crippen molar-refractivity contribution in [3.8, 4) is 0 Å². The Balaban J connectivity index is 2.26. The van der Waals surface area contributed by atoms with Crippen LogP contribution in [-0.2, 0) is 0 Å². The molecule has 1 rings (SSSR count). The molecule has 0 aliphatic carbocycles. The van der Waals surface area contributed by atoms with Gasteiger partial charge in [-0.15, -0.1) is 0 Å². The Morgan fingerprint density at radius 1 is 1.67 bits per heavy atom. The quantitative estimate of drug-likeness (QED) is 0.419. The average molecular weight is 100 g/mol. The summed E-state index contributed by atoms with van der Waals surface area (Å²) in [6, 6.07) is 0. The van der Waals surface area contributed by atoms with Gasteiger partial charge in [0.2, 0.25) is 0 Å². The monoisotopic (exact) mass is 100 g/mol.